The normalized spacial score (nSPS) is 10.7. The van der Waals surface area contributed by atoms with Gasteiger partial charge in [-0.15, -0.1) is 0 Å². The van der Waals surface area contributed by atoms with E-state index in [0.717, 1.165) is 23.9 Å². The SMILES string of the molecule is CCc1cnc(CNCc2ncc[nH]2)o1. The van der Waals surface area contributed by atoms with Gasteiger partial charge in [-0.25, -0.2) is 9.97 Å². The zero-order valence-electron chi connectivity index (χ0n) is 8.66. The first-order valence-electron chi connectivity index (χ1n) is 5.01. The van der Waals surface area contributed by atoms with Gasteiger partial charge in [0.1, 0.15) is 11.6 Å². The smallest absolute Gasteiger partial charge is 0.208 e. The first kappa shape index (κ1) is 9.92. The second kappa shape index (κ2) is 4.75. The lowest BCUT2D eigenvalue weighted by molar-refractivity contribution is 0.437. The van der Waals surface area contributed by atoms with Gasteiger partial charge in [0.2, 0.25) is 5.89 Å². The number of oxazole rings is 1. The fraction of sp³-hybridized carbons (Fsp3) is 0.400. The van der Waals surface area contributed by atoms with Crippen LogP contribution >= 0.6 is 0 Å². The van der Waals surface area contributed by atoms with Gasteiger partial charge in [-0.05, 0) is 0 Å². The van der Waals surface area contributed by atoms with Crippen molar-refractivity contribution in [3.63, 3.8) is 0 Å². The molecule has 0 aliphatic heterocycles. The maximum absolute atomic E-state index is 5.45. The highest BCUT2D eigenvalue weighted by molar-refractivity contribution is 4.93. The summed E-state index contributed by atoms with van der Waals surface area (Å²) >= 11 is 0. The number of H-pyrrole nitrogens is 1. The molecule has 0 radical (unpaired) electrons. The van der Waals surface area contributed by atoms with E-state index in [0.29, 0.717) is 13.1 Å². The fourth-order valence-electron chi connectivity index (χ4n) is 1.28. The summed E-state index contributed by atoms with van der Waals surface area (Å²) in [5.74, 6) is 2.56. The van der Waals surface area contributed by atoms with Gasteiger partial charge < -0.3 is 14.7 Å². The van der Waals surface area contributed by atoms with Crippen LogP contribution in [0.5, 0.6) is 0 Å². The summed E-state index contributed by atoms with van der Waals surface area (Å²) in [5, 5.41) is 3.19. The lowest BCUT2D eigenvalue weighted by Gasteiger charge is -1.98. The van der Waals surface area contributed by atoms with E-state index in [4.69, 9.17) is 4.42 Å². The van der Waals surface area contributed by atoms with Crippen molar-refractivity contribution in [2.24, 2.45) is 0 Å². The van der Waals surface area contributed by atoms with Crippen LogP contribution in [-0.2, 0) is 19.5 Å². The highest BCUT2D eigenvalue weighted by Gasteiger charge is 2.01. The van der Waals surface area contributed by atoms with Crippen molar-refractivity contribution in [1.29, 1.82) is 0 Å². The van der Waals surface area contributed by atoms with Crippen LogP contribution < -0.4 is 5.32 Å². The van der Waals surface area contributed by atoms with E-state index in [9.17, 15) is 0 Å². The minimum atomic E-state index is 0.626. The number of rotatable bonds is 5. The van der Waals surface area contributed by atoms with E-state index < -0.39 is 0 Å². The highest BCUT2D eigenvalue weighted by Crippen LogP contribution is 2.03. The quantitative estimate of drug-likeness (QED) is 0.772. The lowest BCUT2D eigenvalue weighted by Crippen LogP contribution is -2.13. The Labute approximate surface area is 87.9 Å². The van der Waals surface area contributed by atoms with Crippen LogP contribution in [0.25, 0.3) is 0 Å². The number of nitrogens with one attached hydrogen (secondary N) is 2. The van der Waals surface area contributed by atoms with Crippen molar-refractivity contribution in [1.82, 2.24) is 20.3 Å². The maximum Gasteiger partial charge on any atom is 0.208 e. The van der Waals surface area contributed by atoms with Gasteiger partial charge in [-0.1, -0.05) is 6.92 Å². The van der Waals surface area contributed by atoms with Gasteiger partial charge in [0.25, 0.3) is 0 Å². The predicted molar refractivity (Wildman–Crippen MR) is 55.0 cm³/mol. The number of hydrogen-bond donors (Lipinski definition) is 2. The average molecular weight is 206 g/mol. The molecule has 0 unspecified atom stereocenters. The van der Waals surface area contributed by atoms with Crippen LogP contribution in [0.4, 0.5) is 0 Å². The second-order valence-electron chi connectivity index (χ2n) is 3.21. The van der Waals surface area contributed by atoms with Crippen LogP contribution in [0, 0.1) is 0 Å². The van der Waals surface area contributed by atoms with E-state index in [1.165, 1.54) is 0 Å². The molecule has 2 aromatic rings. The molecule has 80 valence electrons. The van der Waals surface area contributed by atoms with Gasteiger partial charge in [-0.2, -0.15) is 0 Å². The molecule has 15 heavy (non-hydrogen) atoms. The Morgan fingerprint density at radius 3 is 3.00 bits per heavy atom. The van der Waals surface area contributed by atoms with Crippen molar-refractivity contribution in [3.05, 3.63) is 36.1 Å². The van der Waals surface area contributed by atoms with Gasteiger partial charge in [0.15, 0.2) is 0 Å². The van der Waals surface area contributed by atoms with Gasteiger partial charge in [0, 0.05) is 18.8 Å². The molecule has 2 heterocycles. The fourth-order valence-corrected chi connectivity index (χ4v) is 1.28. The minimum Gasteiger partial charge on any atom is -0.444 e. The summed E-state index contributed by atoms with van der Waals surface area (Å²) < 4.78 is 5.45. The van der Waals surface area contributed by atoms with Gasteiger partial charge >= 0.3 is 0 Å². The molecule has 2 aromatic heterocycles. The highest BCUT2D eigenvalue weighted by atomic mass is 16.4. The van der Waals surface area contributed by atoms with E-state index in [1.807, 2.05) is 6.92 Å². The Hall–Kier alpha value is -1.62. The molecule has 0 atom stereocenters. The number of nitrogens with zero attached hydrogens (tertiary/aromatic N) is 2. The van der Waals surface area contributed by atoms with Crippen molar-refractivity contribution in [3.8, 4) is 0 Å². The molecule has 0 aliphatic rings. The zero-order chi connectivity index (χ0) is 10.5. The van der Waals surface area contributed by atoms with Gasteiger partial charge in [-0.3, -0.25) is 0 Å². The van der Waals surface area contributed by atoms with Crippen molar-refractivity contribution in [2.75, 3.05) is 0 Å². The molecule has 0 saturated carbocycles. The van der Waals surface area contributed by atoms with Crippen LogP contribution in [0.1, 0.15) is 24.4 Å². The van der Waals surface area contributed by atoms with E-state index in [2.05, 4.69) is 20.3 Å². The second-order valence-corrected chi connectivity index (χ2v) is 3.21. The molecule has 5 nitrogen and oxygen atoms in total. The molecule has 0 spiro atoms. The number of hydrogen-bond acceptors (Lipinski definition) is 4. The number of aryl methyl sites for hydroxylation is 1. The van der Waals surface area contributed by atoms with Crippen molar-refractivity contribution >= 4 is 0 Å². The standard InChI is InChI=1S/C10H14N4O/c1-2-8-5-14-10(15-8)7-11-6-9-12-3-4-13-9/h3-5,11H,2,6-7H2,1H3,(H,12,13). The first-order valence-corrected chi connectivity index (χ1v) is 5.01. The van der Waals surface area contributed by atoms with Crippen molar-refractivity contribution in [2.45, 2.75) is 26.4 Å². The molecule has 2 rings (SSSR count). The molecule has 0 bridgehead atoms. The van der Waals surface area contributed by atoms with Crippen LogP contribution in [-0.4, -0.2) is 15.0 Å². The number of aromatic nitrogens is 3. The topological polar surface area (TPSA) is 66.7 Å². The Morgan fingerprint density at radius 1 is 1.40 bits per heavy atom. The molecular weight excluding hydrogens is 192 g/mol. The molecule has 2 N–H and O–H groups in total. The molecule has 0 fully saturated rings. The van der Waals surface area contributed by atoms with Crippen LogP contribution in [0.3, 0.4) is 0 Å². The summed E-state index contributed by atoms with van der Waals surface area (Å²) in [5.41, 5.74) is 0. The molecular formula is C10H14N4O. The molecule has 0 aromatic carbocycles. The number of imidazole rings is 1. The summed E-state index contributed by atoms with van der Waals surface area (Å²) in [6.45, 7) is 3.36. The third kappa shape index (κ3) is 2.66. The largest absolute Gasteiger partial charge is 0.444 e. The summed E-state index contributed by atoms with van der Waals surface area (Å²) in [6.07, 6.45) is 6.18. The lowest BCUT2D eigenvalue weighted by atomic mass is 10.4. The van der Waals surface area contributed by atoms with Crippen LogP contribution in [0.15, 0.2) is 23.0 Å². The summed E-state index contributed by atoms with van der Waals surface area (Å²) in [7, 11) is 0. The molecule has 0 saturated heterocycles. The van der Waals surface area contributed by atoms with Crippen LogP contribution in [0.2, 0.25) is 0 Å². The zero-order valence-corrected chi connectivity index (χ0v) is 8.66. The Kier molecular flexibility index (Phi) is 3.14. The Morgan fingerprint density at radius 2 is 2.33 bits per heavy atom. The summed E-state index contributed by atoms with van der Waals surface area (Å²) in [4.78, 5) is 11.3. The Bertz CT molecular complexity index is 393. The molecule has 5 heteroatoms. The monoisotopic (exact) mass is 206 g/mol. The van der Waals surface area contributed by atoms with E-state index in [1.54, 1.807) is 18.6 Å². The van der Waals surface area contributed by atoms with Gasteiger partial charge in [0.05, 0.1) is 19.3 Å². The number of aromatic amines is 1. The maximum atomic E-state index is 5.45. The average Bonchev–Trinajstić information content (AvgIpc) is 2.88. The molecule has 0 aliphatic carbocycles. The first-order chi connectivity index (χ1) is 7.38. The third-order valence-electron chi connectivity index (χ3n) is 2.07. The summed E-state index contributed by atoms with van der Waals surface area (Å²) in [6, 6.07) is 0. The minimum absolute atomic E-state index is 0.626. The molecule has 0 amide bonds. The Balaban J connectivity index is 1.78. The predicted octanol–water partition coefficient (Wildman–Crippen LogP) is 1.25. The third-order valence-corrected chi connectivity index (χ3v) is 2.07. The van der Waals surface area contributed by atoms with E-state index >= 15 is 0 Å². The van der Waals surface area contributed by atoms with E-state index in [-0.39, 0.29) is 0 Å². The van der Waals surface area contributed by atoms with Crippen molar-refractivity contribution < 1.29 is 4.42 Å².